The van der Waals surface area contributed by atoms with Crippen molar-refractivity contribution in [1.82, 2.24) is 19.3 Å². The average molecular weight is 239 g/mol. The topological polar surface area (TPSA) is 35.6 Å². The predicted octanol–water partition coefficient (Wildman–Crippen LogP) is 2.45. The van der Waals surface area contributed by atoms with E-state index in [1.807, 2.05) is 27.7 Å². The Kier molecular flexibility index (Phi) is 3.29. The standard InChI is InChI=1S/C11H15ClN4/c1-9(2)16-5-3-10(14-16)8-15-6-4-13-11(15)7-12/h3-6,9H,7-8H2,1-2H3. The molecule has 0 fully saturated rings. The molecule has 4 nitrogen and oxygen atoms in total. The van der Waals surface area contributed by atoms with Crippen LogP contribution in [0.15, 0.2) is 24.7 Å². The largest absolute Gasteiger partial charge is 0.328 e. The normalized spacial score (nSPS) is 11.2. The number of hydrogen-bond donors (Lipinski definition) is 0. The maximum Gasteiger partial charge on any atom is 0.123 e. The molecule has 0 unspecified atom stereocenters. The van der Waals surface area contributed by atoms with Gasteiger partial charge in [-0.25, -0.2) is 4.98 Å². The summed E-state index contributed by atoms with van der Waals surface area (Å²) in [5.74, 6) is 1.30. The van der Waals surface area contributed by atoms with Gasteiger partial charge in [0.15, 0.2) is 0 Å². The monoisotopic (exact) mass is 238 g/mol. The second kappa shape index (κ2) is 4.70. The predicted molar refractivity (Wildman–Crippen MR) is 63.5 cm³/mol. The summed E-state index contributed by atoms with van der Waals surface area (Å²) < 4.78 is 3.96. The van der Waals surface area contributed by atoms with Gasteiger partial charge in [0.05, 0.1) is 18.1 Å². The van der Waals surface area contributed by atoms with Crippen molar-refractivity contribution in [2.45, 2.75) is 32.3 Å². The second-order valence-electron chi connectivity index (χ2n) is 3.99. The van der Waals surface area contributed by atoms with Crippen LogP contribution in [0.5, 0.6) is 0 Å². The number of halogens is 1. The molecular formula is C11H15ClN4. The summed E-state index contributed by atoms with van der Waals surface area (Å²) in [4.78, 5) is 4.17. The summed E-state index contributed by atoms with van der Waals surface area (Å²) in [5.41, 5.74) is 1.03. The van der Waals surface area contributed by atoms with Gasteiger partial charge in [-0.05, 0) is 19.9 Å². The molecule has 16 heavy (non-hydrogen) atoms. The molecule has 2 aromatic heterocycles. The van der Waals surface area contributed by atoms with E-state index in [4.69, 9.17) is 11.6 Å². The quantitative estimate of drug-likeness (QED) is 0.767. The molecule has 0 radical (unpaired) electrons. The van der Waals surface area contributed by atoms with Crippen molar-refractivity contribution in [1.29, 1.82) is 0 Å². The Labute approximate surface area is 99.9 Å². The third kappa shape index (κ3) is 2.27. The highest BCUT2D eigenvalue weighted by molar-refractivity contribution is 6.16. The third-order valence-electron chi connectivity index (χ3n) is 2.45. The molecule has 0 atom stereocenters. The van der Waals surface area contributed by atoms with Crippen molar-refractivity contribution in [2.24, 2.45) is 0 Å². The van der Waals surface area contributed by atoms with Crippen molar-refractivity contribution in [3.8, 4) is 0 Å². The zero-order valence-corrected chi connectivity index (χ0v) is 10.2. The lowest BCUT2D eigenvalue weighted by Gasteiger charge is -2.05. The van der Waals surface area contributed by atoms with Gasteiger partial charge in [-0.2, -0.15) is 5.10 Å². The lowest BCUT2D eigenvalue weighted by molar-refractivity contribution is 0.523. The van der Waals surface area contributed by atoms with Gasteiger partial charge in [0.25, 0.3) is 0 Å². The minimum atomic E-state index is 0.393. The van der Waals surface area contributed by atoms with Gasteiger partial charge in [0.2, 0.25) is 0 Å². The molecule has 0 saturated heterocycles. The fourth-order valence-corrected chi connectivity index (χ4v) is 1.76. The van der Waals surface area contributed by atoms with Crippen LogP contribution in [0.2, 0.25) is 0 Å². The average Bonchev–Trinajstić information content (AvgIpc) is 2.87. The van der Waals surface area contributed by atoms with E-state index in [1.54, 1.807) is 6.20 Å². The Hall–Kier alpha value is -1.29. The molecule has 86 valence electrons. The first-order valence-electron chi connectivity index (χ1n) is 5.30. The van der Waals surface area contributed by atoms with Crippen LogP contribution in [-0.4, -0.2) is 19.3 Å². The molecule has 2 aromatic rings. The van der Waals surface area contributed by atoms with Crippen LogP contribution in [0.25, 0.3) is 0 Å². The summed E-state index contributed by atoms with van der Waals surface area (Å²) in [6.45, 7) is 4.94. The number of hydrogen-bond acceptors (Lipinski definition) is 2. The van der Waals surface area contributed by atoms with Crippen LogP contribution in [0, 0.1) is 0 Å². The van der Waals surface area contributed by atoms with Gasteiger partial charge >= 0.3 is 0 Å². The molecule has 0 aliphatic carbocycles. The van der Waals surface area contributed by atoms with Crippen LogP contribution < -0.4 is 0 Å². The zero-order chi connectivity index (χ0) is 11.5. The number of alkyl halides is 1. The van der Waals surface area contributed by atoms with E-state index in [9.17, 15) is 0 Å². The minimum Gasteiger partial charge on any atom is -0.328 e. The first-order valence-corrected chi connectivity index (χ1v) is 5.84. The fraction of sp³-hybridized carbons (Fsp3) is 0.455. The number of aromatic nitrogens is 4. The van der Waals surface area contributed by atoms with Crippen LogP contribution in [0.4, 0.5) is 0 Å². The number of rotatable bonds is 4. The van der Waals surface area contributed by atoms with E-state index in [0.717, 1.165) is 18.1 Å². The van der Waals surface area contributed by atoms with Crippen molar-refractivity contribution in [2.75, 3.05) is 0 Å². The molecule has 0 aromatic carbocycles. The lowest BCUT2D eigenvalue weighted by atomic mass is 10.4. The van der Waals surface area contributed by atoms with Gasteiger partial charge < -0.3 is 4.57 Å². The van der Waals surface area contributed by atoms with E-state index in [1.165, 1.54) is 0 Å². The van der Waals surface area contributed by atoms with Crippen LogP contribution >= 0.6 is 11.6 Å². The Morgan fingerprint density at radius 1 is 1.38 bits per heavy atom. The van der Waals surface area contributed by atoms with Crippen molar-refractivity contribution >= 4 is 11.6 Å². The van der Waals surface area contributed by atoms with Gasteiger partial charge in [0.1, 0.15) is 5.82 Å². The van der Waals surface area contributed by atoms with E-state index in [0.29, 0.717) is 11.9 Å². The fourth-order valence-electron chi connectivity index (χ4n) is 1.54. The highest BCUT2D eigenvalue weighted by Gasteiger charge is 2.05. The summed E-state index contributed by atoms with van der Waals surface area (Å²) >= 11 is 5.79. The van der Waals surface area contributed by atoms with Crippen LogP contribution in [-0.2, 0) is 12.4 Å². The first-order chi connectivity index (χ1) is 7.70. The van der Waals surface area contributed by atoms with Crippen LogP contribution in [0.3, 0.4) is 0 Å². The zero-order valence-electron chi connectivity index (χ0n) is 9.47. The highest BCUT2D eigenvalue weighted by atomic mass is 35.5. The van der Waals surface area contributed by atoms with E-state index >= 15 is 0 Å². The Morgan fingerprint density at radius 2 is 2.19 bits per heavy atom. The van der Waals surface area contributed by atoms with Gasteiger partial charge in [-0.15, -0.1) is 11.6 Å². The van der Waals surface area contributed by atoms with Crippen molar-refractivity contribution < 1.29 is 0 Å². The Morgan fingerprint density at radius 3 is 2.81 bits per heavy atom. The maximum atomic E-state index is 5.79. The maximum absolute atomic E-state index is 5.79. The van der Waals surface area contributed by atoms with Gasteiger partial charge in [-0.3, -0.25) is 4.68 Å². The number of imidazole rings is 1. The van der Waals surface area contributed by atoms with E-state index < -0.39 is 0 Å². The van der Waals surface area contributed by atoms with E-state index in [2.05, 4.69) is 23.9 Å². The summed E-state index contributed by atoms with van der Waals surface area (Å²) in [6.07, 6.45) is 5.68. The lowest BCUT2D eigenvalue weighted by Crippen LogP contribution is -2.06. The molecule has 0 aliphatic heterocycles. The van der Waals surface area contributed by atoms with Gasteiger partial charge in [-0.1, -0.05) is 0 Å². The highest BCUT2D eigenvalue weighted by Crippen LogP contribution is 2.08. The summed E-state index contributed by atoms with van der Waals surface area (Å²) in [5, 5.41) is 4.49. The Balaban J connectivity index is 2.14. The van der Waals surface area contributed by atoms with E-state index in [-0.39, 0.29) is 0 Å². The molecule has 2 heterocycles. The summed E-state index contributed by atoms with van der Waals surface area (Å²) in [6, 6.07) is 2.42. The third-order valence-corrected chi connectivity index (χ3v) is 2.69. The molecule has 0 amide bonds. The SMILES string of the molecule is CC(C)n1ccc(Cn2ccnc2CCl)n1. The smallest absolute Gasteiger partial charge is 0.123 e. The molecule has 5 heteroatoms. The molecule has 0 bridgehead atoms. The Bertz CT molecular complexity index is 458. The number of nitrogens with zero attached hydrogens (tertiary/aromatic N) is 4. The molecule has 0 aliphatic rings. The summed E-state index contributed by atoms with van der Waals surface area (Å²) in [7, 11) is 0. The van der Waals surface area contributed by atoms with Crippen molar-refractivity contribution in [3.63, 3.8) is 0 Å². The first kappa shape index (κ1) is 11.2. The molecule has 0 saturated carbocycles. The molecule has 2 rings (SSSR count). The van der Waals surface area contributed by atoms with Crippen LogP contribution in [0.1, 0.15) is 31.4 Å². The molecular weight excluding hydrogens is 224 g/mol. The van der Waals surface area contributed by atoms with Crippen molar-refractivity contribution in [3.05, 3.63) is 36.2 Å². The molecule has 0 N–H and O–H groups in total. The minimum absolute atomic E-state index is 0.393. The molecule has 0 spiro atoms. The second-order valence-corrected chi connectivity index (χ2v) is 4.25. The van der Waals surface area contributed by atoms with Gasteiger partial charge in [0, 0.05) is 24.6 Å².